The number of aromatic amines is 1. The zero-order valence-electron chi connectivity index (χ0n) is 14.9. The molecule has 4 rings (SSSR count). The van der Waals surface area contributed by atoms with Crippen LogP contribution in [0.3, 0.4) is 0 Å². The molecule has 132 valence electrons. The second-order valence-corrected chi connectivity index (χ2v) is 7.96. The molecular weight excluding hydrogens is 302 g/mol. The fourth-order valence-electron chi connectivity index (χ4n) is 5.12. The molecule has 24 heavy (non-hydrogen) atoms. The highest BCUT2D eigenvalue weighted by Gasteiger charge is 2.44. The molecule has 0 radical (unpaired) electrons. The number of aromatic nitrogens is 2. The van der Waals surface area contributed by atoms with E-state index in [1.807, 2.05) is 6.92 Å². The number of carbonyl (C=O) groups is 1. The number of hydrogen-bond acceptors (Lipinski definition) is 3. The Kier molecular flexibility index (Phi) is 4.15. The van der Waals surface area contributed by atoms with E-state index >= 15 is 0 Å². The SMILES string of the molecule is C[C@@H]1Cc2c(C(=O)N3CCCCC34CCCCC4)n[nH]c2[C@H](C)O1. The van der Waals surface area contributed by atoms with Gasteiger partial charge in [-0.15, -0.1) is 0 Å². The zero-order valence-corrected chi connectivity index (χ0v) is 14.9. The van der Waals surface area contributed by atoms with Crippen molar-refractivity contribution in [2.24, 2.45) is 0 Å². The fraction of sp³-hybridized carbons (Fsp3) is 0.789. The van der Waals surface area contributed by atoms with Crippen LogP contribution in [-0.2, 0) is 11.2 Å². The number of likely N-dealkylation sites (tertiary alicyclic amines) is 1. The fourth-order valence-corrected chi connectivity index (χ4v) is 5.12. The smallest absolute Gasteiger partial charge is 0.275 e. The molecular formula is C19H29N3O2. The Morgan fingerprint density at radius 2 is 1.88 bits per heavy atom. The molecule has 1 saturated heterocycles. The Labute approximate surface area is 144 Å². The van der Waals surface area contributed by atoms with Crippen LogP contribution in [-0.4, -0.2) is 39.2 Å². The monoisotopic (exact) mass is 331 g/mol. The minimum atomic E-state index is -0.0113. The molecule has 5 heteroatoms. The third-order valence-corrected chi connectivity index (χ3v) is 6.31. The van der Waals surface area contributed by atoms with Crippen LogP contribution in [0.5, 0.6) is 0 Å². The first-order chi connectivity index (χ1) is 11.6. The lowest BCUT2D eigenvalue weighted by molar-refractivity contribution is -0.00733. The van der Waals surface area contributed by atoms with E-state index in [4.69, 9.17) is 4.74 Å². The summed E-state index contributed by atoms with van der Waals surface area (Å²) in [6, 6.07) is 0. The van der Waals surface area contributed by atoms with Gasteiger partial charge in [-0.25, -0.2) is 0 Å². The Bertz CT molecular complexity index is 610. The van der Waals surface area contributed by atoms with Gasteiger partial charge in [0.2, 0.25) is 0 Å². The van der Waals surface area contributed by atoms with E-state index < -0.39 is 0 Å². The average molecular weight is 331 g/mol. The number of fused-ring (bicyclic) bond motifs is 1. The maximum absolute atomic E-state index is 13.4. The topological polar surface area (TPSA) is 58.2 Å². The highest BCUT2D eigenvalue weighted by molar-refractivity contribution is 5.94. The Balaban J connectivity index is 1.66. The van der Waals surface area contributed by atoms with Crippen LogP contribution in [0.4, 0.5) is 0 Å². The van der Waals surface area contributed by atoms with Crippen molar-refractivity contribution in [1.82, 2.24) is 15.1 Å². The Hall–Kier alpha value is -1.36. The average Bonchev–Trinajstić information content (AvgIpc) is 2.99. The molecule has 1 amide bonds. The number of hydrogen-bond donors (Lipinski definition) is 1. The highest BCUT2D eigenvalue weighted by atomic mass is 16.5. The number of nitrogens with one attached hydrogen (secondary N) is 1. The number of H-pyrrole nitrogens is 1. The first-order valence-corrected chi connectivity index (χ1v) is 9.65. The molecule has 0 aromatic carbocycles. The van der Waals surface area contributed by atoms with Crippen LogP contribution in [0.1, 0.15) is 93.1 Å². The van der Waals surface area contributed by atoms with E-state index in [1.165, 1.54) is 44.9 Å². The summed E-state index contributed by atoms with van der Waals surface area (Å²) in [6.07, 6.45) is 10.6. The molecule has 1 saturated carbocycles. The zero-order chi connectivity index (χ0) is 16.7. The van der Waals surface area contributed by atoms with Crippen molar-refractivity contribution in [2.45, 2.75) is 89.4 Å². The van der Waals surface area contributed by atoms with Gasteiger partial charge in [-0.1, -0.05) is 19.3 Å². The molecule has 3 heterocycles. The highest BCUT2D eigenvalue weighted by Crippen LogP contribution is 2.42. The van der Waals surface area contributed by atoms with E-state index in [-0.39, 0.29) is 23.7 Å². The van der Waals surface area contributed by atoms with Crippen molar-refractivity contribution < 1.29 is 9.53 Å². The van der Waals surface area contributed by atoms with Crippen molar-refractivity contribution in [3.05, 3.63) is 17.0 Å². The molecule has 5 nitrogen and oxygen atoms in total. The standard InChI is InChI=1S/C19H29N3O2/c1-13-12-15-16(14(2)24-13)20-21-17(15)18(23)22-11-7-6-10-19(22)8-4-3-5-9-19/h13-14H,3-12H2,1-2H3,(H,20,21)/t13-,14+/m1/s1. The maximum atomic E-state index is 13.4. The van der Waals surface area contributed by atoms with Gasteiger partial charge in [-0.05, 0) is 46.0 Å². The number of piperidine rings is 1. The van der Waals surface area contributed by atoms with Crippen LogP contribution in [0.15, 0.2) is 0 Å². The number of nitrogens with zero attached hydrogens (tertiary/aromatic N) is 2. The summed E-state index contributed by atoms with van der Waals surface area (Å²) >= 11 is 0. The van der Waals surface area contributed by atoms with Crippen molar-refractivity contribution in [3.8, 4) is 0 Å². The third-order valence-electron chi connectivity index (χ3n) is 6.31. The van der Waals surface area contributed by atoms with Gasteiger partial charge in [0.05, 0.1) is 17.9 Å². The molecule has 1 spiro atoms. The Morgan fingerprint density at radius 1 is 1.17 bits per heavy atom. The first-order valence-electron chi connectivity index (χ1n) is 9.65. The summed E-state index contributed by atoms with van der Waals surface area (Å²) in [5.74, 6) is 0.149. The maximum Gasteiger partial charge on any atom is 0.275 e. The molecule has 1 aromatic rings. The Morgan fingerprint density at radius 3 is 2.62 bits per heavy atom. The molecule has 3 aliphatic rings. The molecule has 0 bridgehead atoms. The lowest BCUT2D eigenvalue weighted by Crippen LogP contribution is -2.55. The summed E-state index contributed by atoms with van der Waals surface area (Å²) in [6.45, 7) is 5.00. The number of ether oxygens (including phenoxy) is 1. The van der Waals surface area contributed by atoms with E-state index in [1.54, 1.807) is 0 Å². The van der Waals surface area contributed by atoms with Crippen LogP contribution in [0, 0.1) is 0 Å². The number of carbonyl (C=O) groups excluding carboxylic acids is 1. The minimum Gasteiger partial charge on any atom is -0.369 e. The van der Waals surface area contributed by atoms with Crippen LogP contribution in [0.2, 0.25) is 0 Å². The predicted octanol–water partition coefficient (Wildman–Crippen LogP) is 3.76. The predicted molar refractivity (Wildman–Crippen MR) is 92.0 cm³/mol. The quantitative estimate of drug-likeness (QED) is 0.852. The molecule has 0 unspecified atom stereocenters. The van der Waals surface area contributed by atoms with Gasteiger partial charge in [0.1, 0.15) is 0 Å². The largest absolute Gasteiger partial charge is 0.369 e. The van der Waals surface area contributed by atoms with Gasteiger partial charge in [0.15, 0.2) is 5.69 Å². The lowest BCUT2D eigenvalue weighted by atomic mass is 9.74. The summed E-state index contributed by atoms with van der Waals surface area (Å²) in [7, 11) is 0. The molecule has 1 aromatic heterocycles. The molecule has 1 aliphatic carbocycles. The first kappa shape index (κ1) is 16.1. The van der Waals surface area contributed by atoms with Crippen molar-refractivity contribution in [2.75, 3.05) is 6.54 Å². The summed E-state index contributed by atoms with van der Waals surface area (Å²) in [5, 5.41) is 7.52. The number of rotatable bonds is 1. The minimum absolute atomic E-state index is 0.0113. The lowest BCUT2D eigenvalue weighted by Gasteiger charge is -2.49. The van der Waals surface area contributed by atoms with E-state index in [0.29, 0.717) is 5.69 Å². The van der Waals surface area contributed by atoms with Crippen LogP contribution >= 0.6 is 0 Å². The van der Waals surface area contributed by atoms with Crippen LogP contribution < -0.4 is 0 Å². The number of amides is 1. The van der Waals surface area contributed by atoms with Gasteiger partial charge in [-0.3, -0.25) is 9.89 Å². The molecule has 2 atom stereocenters. The van der Waals surface area contributed by atoms with E-state index in [9.17, 15) is 4.79 Å². The van der Waals surface area contributed by atoms with E-state index in [2.05, 4.69) is 22.0 Å². The molecule has 2 aliphatic heterocycles. The molecule has 2 fully saturated rings. The van der Waals surface area contributed by atoms with E-state index in [0.717, 1.165) is 30.6 Å². The summed E-state index contributed by atoms with van der Waals surface area (Å²) < 4.78 is 5.86. The normalized spacial score (nSPS) is 29.5. The van der Waals surface area contributed by atoms with Crippen molar-refractivity contribution in [1.29, 1.82) is 0 Å². The third kappa shape index (κ3) is 2.57. The van der Waals surface area contributed by atoms with Gasteiger partial charge in [0.25, 0.3) is 5.91 Å². The van der Waals surface area contributed by atoms with Crippen molar-refractivity contribution >= 4 is 5.91 Å². The van der Waals surface area contributed by atoms with Gasteiger partial charge >= 0.3 is 0 Å². The summed E-state index contributed by atoms with van der Waals surface area (Å²) in [4.78, 5) is 15.6. The second-order valence-electron chi connectivity index (χ2n) is 7.96. The van der Waals surface area contributed by atoms with Gasteiger partial charge in [-0.2, -0.15) is 5.10 Å². The molecule has 1 N–H and O–H groups in total. The van der Waals surface area contributed by atoms with Crippen molar-refractivity contribution in [3.63, 3.8) is 0 Å². The summed E-state index contributed by atoms with van der Waals surface area (Å²) in [5.41, 5.74) is 2.83. The van der Waals surface area contributed by atoms with Crippen LogP contribution in [0.25, 0.3) is 0 Å². The van der Waals surface area contributed by atoms with Gasteiger partial charge < -0.3 is 9.64 Å². The second kappa shape index (κ2) is 6.17. The van der Waals surface area contributed by atoms with Gasteiger partial charge in [0, 0.05) is 24.1 Å².